The van der Waals surface area contributed by atoms with Crippen molar-refractivity contribution in [2.24, 2.45) is 5.73 Å². The van der Waals surface area contributed by atoms with E-state index < -0.39 is 0 Å². The van der Waals surface area contributed by atoms with Crippen LogP contribution in [-0.2, 0) is 11.3 Å². The highest BCUT2D eigenvalue weighted by atomic mass is 35.5. The maximum atomic E-state index is 11.8. The third-order valence-electron chi connectivity index (χ3n) is 6.19. The Morgan fingerprint density at radius 1 is 1.03 bits per heavy atom. The van der Waals surface area contributed by atoms with Gasteiger partial charge in [0.15, 0.2) is 0 Å². The predicted molar refractivity (Wildman–Crippen MR) is 145 cm³/mol. The first-order valence-electron chi connectivity index (χ1n) is 12.2. The summed E-state index contributed by atoms with van der Waals surface area (Å²) in [7, 11) is 0. The van der Waals surface area contributed by atoms with Crippen molar-refractivity contribution in [3.63, 3.8) is 0 Å². The lowest BCUT2D eigenvalue weighted by Gasteiger charge is -2.07. The molecule has 0 spiro atoms. The molecule has 4 aromatic rings. The van der Waals surface area contributed by atoms with E-state index in [4.69, 9.17) is 17.3 Å². The highest BCUT2D eigenvalue weighted by Crippen LogP contribution is 2.24. The Hall–Kier alpha value is -3.28. The Morgan fingerprint density at radius 3 is 2.71 bits per heavy atom. The molecule has 2 aromatic heterocycles. The van der Waals surface area contributed by atoms with Crippen LogP contribution in [0.5, 0.6) is 0 Å². The number of benzene rings is 2. The summed E-state index contributed by atoms with van der Waals surface area (Å²) in [5.74, 6) is 0.0768. The van der Waals surface area contributed by atoms with Gasteiger partial charge in [0.1, 0.15) is 11.7 Å². The van der Waals surface area contributed by atoms with Gasteiger partial charge in [-0.2, -0.15) is 4.57 Å². The first-order valence-corrected chi connectivity index (χ1v) is 12.6. The zero-order valence-corrected chi connectivity index (χ0v) is 20.9. The van der Waals surface area contributed by atoms with Crippen LogP contribution in [0.3, 0.4) is 0 Å². The Bertz CT molecular complexity index is 1370. The largest absolute Gasteiger partial charge is 0.355 e. The van der Waals surface area contributed by atoms with E-state index in [0.29, 0.717) is 24.7 Å². The summed E-state index contributed by atoms with van der Waals surface area (Å²) >= 11 is 6.54. The molecule has 180 valence electrons. The molecular weight excluding hydrogens is 456 g/mol. The molecule has 2 heterocycles. The van der Waals surface area contributed by atoms with Crippen LogP contribution >= 0.6 is 11.6 Å². The highest BCUT2D eigenvalue weighted by Gasteiger charge is 2.14. The molecule has 5 nitrogen and oxygen atoms in total. The zero-order chi connectivity index (χ0) is 24.6. The number of nitrogens with zero attached hydrogens (tertiary/aromatic N) is 2. The number of para-hydroxylation sites is 2. The van der Waals surface area contributed by atoms with Crippen LogP contribution in [0.15, 0.2) is 60.7 Å². The van der Waals surface area contributed by atoms with Gasteiger partial charge in [0.2, 0.25) is 17.1 Å². The number of hydrogen-bond acceptors (Lipinski definition) is 3. The van der Waals surface area contributed by atoms with Crippen LogP contribution < -0.4 is 15.6 Å². The average molecular weight is 488 g/mol. The number of unbranched alkanes of at least 4 members (excludes halogenated alkanes) is 2. The number of nitrogens with two attached hydrogens (primary N) is 1. The number of carbonyl (C=O) groups is 1. The van der Waals surface area contributed by atoms with Gasteiger partial charge in [-0.05, 0) is 49.6 Å². The molecule has 4 rings (SSSR count). The van der Waals surface area contributed by atoms with E-state index in [1.165, 1.54) is 10.9 Å². The molecule has 0 atom stereocenters. The first-order chi connectivity index (χ1) is 17.1. The van der Waals surface area contributed by atoms with Crippen LogP contribution in [0.2, 0.25) is 5.15 Å². The second kappa shape index (κ2) is 11.9. The lowest BCUT2D eigenvalue weighted by Crippen LogP contribution is -2.38. The number of rotatable bonds is 10. The Balaban J connectivity index is 1.54. The SMILES string of the molecule is Cc1cccc2cc(/C=C/c3ccc4ccccc4[n+]3CCCCCC(=O)NCCN)c(Cl)nc12. The number of amides is 1. The van der Waals surface area contributed by atoms with Gasteiger partial charge in [0.05, 0.1) is 5.52 Å². The fraction of sp³-hybridized carbons (Fsp3) is 0.276. The van der Waals surface area contributed by atoms with E-state index in [1.54, 1.807) is 0 Å². The molecule has 1 amide bonds. The molecule has 2 aromatic carbocycles. The van der Waals surface area contributed by atoms with Gasteiger partial charge < -0.3 is 11.1 Å². The molecule has 0 radical (unpaired) electrons. The predicted octanol–water partition coefficient (Wildman–Crippen LogP) is 5.44. The molecular formula is C29H32ClN4O+. The quantitative estimate of drug-likeness (QED) is 0.178. The molecule has 35 heavy (non-hydrogen) atoms. The van der Waals surface area contributed by atoms with Gasteiger partial charge in [-0.25, -0.2) is 4.98 Å². The van der Waals surface area contributed by atoms with Gasteiger partial charge in [0.25, 0.3) is 0 Å². The molecule has 0 aliphatic heterocycles. The molecule has 0 saturated heterocycles. The van der Waals surface area contributed by atoms with Crippen molar-refractivity contribution in [1.82, 2.24) is 10.3 Å². The molecule has 0 aliphatic carbocycles. The molecule has 0 aliphatic rings. The number of carbonyl (C=O) groups excluding carboxylic acids is 1. The van der Waals surface area contributed by atoms with Crippen LogP contribution in [0.1, 0.15) is 42.5 Å². The monoisotopic (exact) mass is 487 g/mol. The summed E-state index contributed by atoms with van der Waals surface area (Å²) in [6.07, 6.45) is 7.53. The number of aryl methyl sites for hydroxylation is 2. The number of halogens is 1. The van der Waals surface area contributed by atoms with E-state index in [2.05, 4.69) is 69.5 Å². The molecule has 0 unspecified atom stereocenters. The standard InChI is InChI=1S/C29H31ClN4O/c1-21-8-7-10-23-20-24(29(30)33-28(21)23)14-16-25-15-13-22-9-4-5-11-26(22)34(25)19-6-2-3-12-27(35)32-18-17-31/h4-5,7-11,13-16,20H,2-3,6,12,17-19,31H2,1H3/p+1. The lowest BCUT2D eigenvalue weighted by molar-refractivity contribution is -0.673. The van der Waals surface area contributed by atoms with Crippen molar-refractivity contribution in [3.05, 3.63) is 82.6 Å². The molecule has 0 bridgehead atoms. The summed E-state index contributed by atoms with van der Waals surface area (Å²) in [5, 5.41) is 5.61. The molecule has 3 N–H and O–H groups in total. The Morgan fingerprint density at radius 2 is 1.86 bits per heavy atom. The van der Waals surface area contributed by atoms with Crippen molar-refractivity contribution < 1.29 is 9.36 Å². The summed E-state index contributed by atoms with van der Waals surface area (Å²) in [6.45, 7) is 3.93. The summed E-state index contributed by atoms with van der Waals surface area (Å²) < 4.78 is 2.34. The summed E-state index contributed by atoms with van der Waals surface area (Å²) in [6, 6.07) is 21.0. The summed E-state index contributed by atoms with van der Waals surface area (Å²) in [4.78, 5) is 16.4. The van der Waals surface area contributed by atoms with Crippen molar-refractivity contribution in [1.29, 1.82) is 0 Å². The topological polar surface area (TPSA) is 71.9 Å². The van der Waals surface area contributed by atoms with E-state index in [-0.39, 0.29) is 5.91 Å². The lowest BCUT2D eigenvalue weighted by atomic mass is 10.1. The highest BCUT2D eigenvalue weighted by molar-refractivity contribution is 6.31. The van der Waals surface area contributed by atoms with Crippen LogP contribution in [0.4, 0.5) is 0 Å². The maximum absolute atomic E-state index is 11.8. The fourth-order valence-corrected chi connectivity index (χ4v) is 4.54. The van der Waals surface area contributed by atoms with Crippen molar-refractivity contribution >= 4 is 51.5 Å². The second-order valence-electron chi connectivity index (χ2n) is 8.77. The number of fused-ring (bicyclic) bond motifs is 2. The number of hydrogen-bond donors (Lipinski definition) is 2. The van der Waals surface area contributed by atoms with Gasteiger partial charge in [0, 0.05) is 60.5 Å². The Labute approximate surface area is 211 Å². The molecule has 6 heteroatoms. The van der Waals surface area contributed by atoms with Crippen LogP contribution in [0, 0.1) is 6.92 Å². The smallest absolute Gasteiger partial charge is 0.220 e. The fourth-order valence-electron chi connectivity index (χ4n) is 4.34. The van der Waals surface area contributed by atoms with E-state index in [9.17, 15) is 4.79 Å². The van der Waals surface area contributed by atoms with E-state index in [0.717, 1.165) is 53.5 Å². The van der Waals surface area contributed by atoms with Gasteiger partial charge in [-0.3, -0.25) is 4.79 Å². The third-order valence-corrected chi connectivity index (χ3v) is 6.49. The minimum atomic E-state index is 0.0768. The number of aromatic nitrogens is 2. The van der Waals surface area contributed by atoms with Gasteiger partial charge >= 0.3 is 0 Å². The maximum Gasteiger partial charge on any atom is 0.220 e. The second-order valence-corrected chi connectivity index (χ2v) is 9.12. The molecule has 0 fully saturated rings. The van der Waals surface area contributed by atoms with Crippen molar-refractivity contribution in [2.45, 2.75) is 39.2 Å². The zero-order valence-electron chi connectivity index (χ0n) is 20.1. The van der Waals surface area contributed by atoms with Gasteiger partial charge in [-0.15, -0.1) is 0 Å². The van der Waals surface area contributed by atoms with E-state index in [1.807, 2.05) is 25.1 Å². The Kier molecular flexibility index (Phi) is 8.45. The van der Waals surface area contributed by atoms with Crippen molar-refractivity contribution in [2.75, 3.05) is 13.1 Å². The van der Waals surface area contributed by atoms with Gasteiger partial charge in [-0.1, -0.05) is 41.9 Å². The minimum Gasteiger partial charge on any atom is -0.355 e. The first kappa shape index (κ1) is 24.8. The van der Waals surface area contributed by atoms with Crippen LogP contribution in [0.25, 0.3) is 34.0 Å². The number of nitrogens with one attached hydrogen (secondary N) is 1. The minimum absolute atomic E-state index is 0.0768. The normalized spacial score (nSPS) is 11.5. The van der Waals surface area contributed by atoms with E-state index >= 15 is 0 Å². The van der Waals surface area contributed by atoms with Crippen molar-refractivity contribution in [3.8, 4) is 0 Å². The number of pyridine rings is 2. The summed E-state index contributed by atoms with van der Waals surface area (Å²) in [5.41, 5.74) is 10.7. The average Bonchev–Trinajstić information content (AvgIpc) is 2.87. The third kappa shape index (κ3) is 6.24. The van der Waals surface area contributed by atoms with Crippen LogP contribution in [-0.4, -0.2) is 24.0 Å². The molecule has 0 saturated carbocycles.